The van der Waals surface area contributed by atoms with E-state index in [0.29, 0.717) is 0 Å². The third-order valence-corrected chi connectivity index (χ3v) is 2.82. The van der Waals surface area contributed by atoms with Crippen molar-refractivity contribution < 1.29 is 0 Å². The Labute approximate surface area is 101 Å². The molecular formula is C13H18N4. The zero-order valence-electron chi connectivity index (χ0n) is 10.5. The summed E-state index contributed by atoms with van der Waals surface area (Å²) in [7, 11) is 1.93. The lowest BCUT2D eigenvalue weighted by atomic mass is 10.1. The Morgan fingerprint density at radius 3 is 2.65 bits per heavy atom. The fourth-order valence-electron chi connectivity index (χ4n) is 1.77. The molecule has 90 valence electrons. The van der Waals surface area contributed by atoms with Crippen LogP contribution in [-0.2, 0) is 13.6 Å². The molecular weight excluding hydrogens is 212 g/mol. The van der Waals surface area contributed by atoms with E-state index in [4.69, 9.17) is 5.73 Å². The van der Waals surface area contributed by atoms with Crippen LogP contribution in [0, 0.1) is 13.8 Å². The molecule has 2 aromatic rings. The predicted octanol–water partition coefficient (Wildman–Crippen LogP) is 2.23. The fraction of sp³-hybridized carbons (Fsp3) is 0.308. The number of anilines is 2. The Hall–Kier alpha value is -1.97. The highest BCUT2D eigenvalue weighted by Crippen LogP contribution is 2.15. The van der Waals surface area contributed by atoms with Crippen molar-refractivity contribution >= 4 is 11.5 Å². The van der Waals surface area contributed by atoms with Crippen LogP contribution in [-0.4, -0.2) is 9.78 Å². The van der Waals surface area contributed by atoms with Gasteiger partial charge >= 0.3 is 0 Å². The van der Waals surface area contributed by atoms with Gasteiger partial charge in [-0.1, -0.05) is 12.1 Å². The number of nitrogens with zero attached hydrogens (tertiary/aromatic N) is 2. The Morgan fingerprint density at radius 2 is 2.06 bits per heavy atom. The molecule has 0 atom stereocenters. The molecule has 0 radical (unpaired) electrons. The standard InChI is InChI=1S/C13H18N4/c1-9-4-5-11(7-12(9)14)8-15-13-6-10(2)16-17(13)3/h4-7,15H,8,14H2,1-3H3. The summed E-state index contributed by atoms with van der Waals surface area (Å²) in [6.45, 7) is 4.75. The summed E-state index contributed by atoms with van der Waals surface area (Å²) in [6, 6.07) is 8.16. The summed E-state index contributed by atoms with van der Waals surface area (Å²) in [4.78, 5) is 0. The van der Waals surface area contributed by atoms with Gasteiger partial charge in [-0.15, -0.1) is 0 Å². The summed E-state index contributed by atoms with van der Waals surface area (Å²) >= 11 is 0. The first-order chi connectivity index (χ1) is 8.06. The predicted molar refractivity (Wildman–Crippen MR) is 70.9 cm³/mol. The van der Waals surface area contributed by atoms with Gasteiger partial charge in [-0.3, -0.25) is 4.68 Å². The molecule has 2 rings (SSSR count). The molecule has 1 heterocycles. The van der Waals surface area contributed by atoms with Crippen LogP contribution in [0.2, 0.25) is 0 Å². The van der Waals surface area contributed by atoms with Gasteiger partial charge in [-0.05, 0) is 31.0 Å². The highest BCUT2D eigenvalue weighted by Gasteiger charge is 2.02. The molecule has 0 amide bonds. The van der Waals surface area contributed by atoms with E-state index in [1.807, 2.05) is 43.8 Å². The Morgan fingerprint density at radius 1 is 1.29 bits per heavy atom. The first-order valence-electron chi connectivity index (χ1n) is 5.66. The number of benzene rings is 1. The Bertz CT molecular complexity index is 528. The van der Waals surface area contributed by atoms with Crippen molar-refractivity contribution in [2.75, 3.05) is 11.1 Å². The van der Waals surface area contributed by atoms with Crippen LogP contribution in [0.15, 0.2) is 24.3 Å². The molecule has 0 saturated carbocycles. The molecule has 4 nitrogen and oxygen atoms in total. The van der Waals surface area contributed by atoms with E-state index in [-0.39, 0.29) is 0 Å². The lowest BCUT2D eigenvalue weighted by Gasteiger charge is -2.08. The second kappa shape index (κ2) is 4.49. The fourth-order valence-corrected chi connectivity index (χ4v) is 1.77. The smallest absolute Gasteiger partial charge is 0.124 e. The van der Waals surface area contributed by atoms with Gasteiger partial charge < -0.3 is 11.1 Å². The normalized spacial score (nSPS) is 10.5. The van der Waals surface area contributed by atoms with Crippen LogP contribution in [0.25, 0.3) is 0 Å². The lowest BCUT2D eigenvalue weighted by molar-refractivity contribution is 0.758. The number of aromatic nitrogens is 2. The van der Waals surface area contributed by atoms with Gasteiger partial charge in [-0.25, -0.2) is 0 Å². The van der Waals surface area contributed by atoms with Crippen molar-refractivity contribution in [1.82, 2.24) is 9.78 Å². The molecule has 1 aromatic carbocycles. The number of aryl methyl sites for hydroxylation is 3. The summed E-state index contributed by atoms with van der Waals surface area (Å²) < 4.78 is 1.84. The summed E-state index contributed by atoms with van der Waals surface area (Å²) in [5.41, 5.74) is 10.0. The molecule has 17 heavy (non-hydrogen) atoms. The Kier molecular flexibility index (Phi) is 3.04. The van der Waals surface area contributed by atoms with Gasteiger partial charge in [-0.2, -0.15) is 5.10 Å². The largest absolute Gasteiger partial charge is 0.399 e. The maximum absolute atomic E-state index is 5.88. The van der Waals surface area contributed by atoms with E-state index in [9.17, 15) is 0 Å². The molecule has 0 aliphatic carbocycles. The molecule has 0 unspecified atom stereocenters. The number of hydrogen-bond donors (Lipinski definition) is 2. The third-order valence-electron chi connectivity index (χ3n) is 2.82. The molecule has 0 bridgehead atoms. The van der Waals surface area contributed by atoms with Crippen molar-refractivity contribution in [3.8, 4) is 0 Å². The third kappa shape index (κ3) is 2.58. The van der Waals surface area contributed by atoms with Crippen LogP contribution in [0.5, 0.6) is 0 Å². The van der Waals surface area contributed by atoms with Gasteiger partial charge in [0.1, 0.15) is 5.82 Å². The minimum absolute atomic E-state index is 0.753. The van der Waals surface area contributed by atoms with E-state index in [1.54, 1.807) is 0 Å². The average molecular weight is 230 g/mol. The van der Waals surface area contributed by atoms with Gasteiger partial charge in [0.15, 0.2) is 0 Å². The minimum Gasteiger partial charge on any atom is -0.399 e. The number of nitrogens with two attached hydrogens (primary N) is 1. The van der Waals surface area contributed by atoms with Gasteiger partial charge in [0, 0.05) is 25.3 Å². The van der Waals surface area contributed by atoms with Crippen molar-refractivity contribution in [2.24, 2.45) is 7.05 Å². The van der Waals surface area contributed by atoms with E-state index >= 15 is 0 Å². The molecule has 4 heteroatoms. The average Bonchev–Trinajstić information content (AvgIpc) is 2.59. The molecule has 0 aliphatic rings. The van der Waals surface area contributed by atoms with Gasteiger partial charge in [0.05, 0.1) is 5.69 Å². The Balaban J connectivity index is 2.07. The zero-order chi connectivity index (χ0) is 12.4. The molecule has 0 aliphatic heterocycles. The molecule has 3 N–H and O–H groups in total. The van der Waals surface area contributed by atoms with Crippen LogP contribution in [0.3, 0.4) is 0 Å². The first kappa shape index (κ1) is 11.5. The molecule has 1 aromatic heterocycles. The van der Waals surface area contributed by atoms with Crippen LogP contribution >= 0.6 is 0 Å². The van der Waals surface area contributed by atoms with E-state index in [2.05, 4.69) is 16.5 Å². The van der Waals surface area contributed by atoms with Gasteiger partial charge in [0.2, 0.25) is 0 Å². The number of rotatable bonds is 3. The number of nitrogens with one attached hydrogen (secondary N) is 1. The van der Waals surface area contributed by atoms with E-state index in [1.165, 1.54) is 5.56 Å². The van der Waals surface area contributed by atoms with Crippen LogP contribution in [0.1, 0.15) is 16.8 Å². The summed E-state index contributed by atoms with van der Waals surface area (Å²) in [5.74, 6) is 1.02. The van der Waals surface area contributed by atoms with Crippen LogP contribution < -0.4 is 11.1 Å². The van der Waals surface area contributed by atoms with Crippen molar-refractivity contribution in [2.45, 2.75) is 20.4 Å². The second-order valence-electron chi connectivity index (χ2n) is 4.34. The molecule has 0 spiro atoms. The van der Waals surface area contributed by atoms with Crippen molar-refractivity contribution in [3.63, 3.8) is 0 Å². The summed E-state index contributed by atoms with van der Waals surface area (Å²) in [5, 5.41) is 7.63. The SMILES string of the molecule is Cc1cc(NCc2ccc(C)c(N)c2)n(C)n1. The zero-order valence-corrected chi connectivity index (χ0v) is 10.5. The van der Waals surface area contributed by atoms with E-state index < -0.39 is 0 Å². The maximum atomic E-state index is 5.88. The topological polar surface area (TPSA) is 55.9 Å². The first-order valence-corrected chi connectivity index (χ1v) is 5.66. The minimum atomic E-state index is 0.753. The summed E-state index contributed by atoms with van der Waals surface area (Å²) in [6.07, 6.45) is 0. The maximum Gasteiger partial charge on any atom is 0.124 e. The highest BCUT2D eigenvalue weighted by molar-refractivity contribution is 5.49. The van der Waals surface area contributed by atoms with Gasteiger partial charge in [0.25, 0.3) is 0 Å². The molecule has 0 fully saturated rings. The monoisotopic (exact) mass is 230 g/mol. The van der Waals surface area contributed by atoms with Crippen molar-refractivity contribution in [3.05, 3.63) is 41.1 Å². The van der Waals surface area contributed by atoms with Crippen molar-refractivity contribution in [1.29, 1.82) is 0 Å². The quantitative estimate of drug-likeness (QED) is 0.795. The molecule has 0 saturated heterocycles. The number of nitrogen functional groups attached to an aromatic ring is 1. The van der Waals surface area contributed by atoms with E-state index in [0.717, 1.165) is 29.3 Å². The highest BCUT2D eigenvalue weighted by atomic mass is 15.3. The van der Waals surface area contributed by atoms with Crippen LogP contribution in [0.4, 0.5) is 11.5 Å². The number of hydrogen-bond acceptors (Lipinski definition) is 3. The second-order valence-corrected chi connectivity index (χ2v) is 4.34. The lowest BCUT2D eigenvalue weighted by Crippen LogP contribution is -2.05.